The van der Waals surface area contributed by atoms with Crippen LogP contribution in [-0.2, 0) is 4.79 Å². The minimum Gasteiger partial charge on any atom is -0.387 e. The number of carbonyl (C=O) groups is 1. The van der Waals surface area contributed by atoms with E-state index in [9.17, 15) is 9.90 Å². The van der Waals surface area contributed by atoms with Crippen LogP contribution in [0, 0.1) is 0 Å². The summed E-state index contributed by atoms with van der Waals surface area (Å²) in [5.74, 6) is -0.174. The molecule has 0 saturated carbocycles. The average molecular weight is 305 g/mol. The van der Waals surface area contributed by atoms with Gasteiger partial charge in [-0.05, 0) is 29.8 Å². The standard InChI is InChI=1S/C16H17ClN2O2/c17-13-8-6-12(7-9-13)15(20)10-19-16(21)11-18-14-4-2-1-3-5-14/h1-9,15,18,20H,10-11H2,(H,19,21). The van der Waals surface area contributed by atoms with E-state index < -0.39 is 6.10 Å². The van der Waals surface area contributed by atoms with Crippen LogP contribution in [-0.4, -0.2) is 24.1 Å². The van der Waals surface area contributed by atoms with Gasteiger partial charge in [-0.1, -0.05) is 41.9 Å². The van der Waals surface area contributed by atoms with E-state index >= 15 is 0 Å². The summed E-state index contributed by atoms with van der Waals surface area (Å²) in [7, 11) is 0. The van der Waals surface area contributed by atoms with Crippen molar-refractivity contribution in [2.75, 3.05) is 18.4 Å². The number of para-hydroxylation sites is 1. The second kappa shape index (κ2) is 7.67. The predicted molar refractivity (Wildman–Crippen MR) is 84.4 cm³/mol. The number of anilines is 1. The maximum atomic E-state index is 11.7. The molecule has 0 fully saturated rings. The molecule has 0 radical (unpaired) electrons. The molecule has 0 bridgehead atoms. The molecule has 1 atom stereocenters. The second-order valence-corrected chi connectivity index (χ2v) is 5.03. The lowest BCUT2D eigenvalue weighted by molar-refractivity contribution is -0.119. The van der Waals surface area contributed by atoms with Crippen LogP contribution in [0.2, 0.25) is 5.02 Å². The molecule has 0 heterocycles. The van der Waals surface area contributed by atoms with E-state index in [1.807, 2.05) is 30.3 Å². The Morgan fingerprint density at radius 3 is 2.43 bits per heavy atom. The maximum Gasteiger partial charge on any atom is 0.239 e. The highest BCUT2D eigenvalue weighted by Crippen LogP contribution is 2.15. The van der Waals surface area contributed by atoms with Crippen molar-refractivity contribution in [3.05, 3.63) is 65.2 Å². The summed E-state index contributed by atoms with van der Waals surface area (Å²) in [4.78, 5) is 11.7. The highest BCUT2D eigenvalue weighted by Gasteiger charge is 2.09. The van der Waals surface area contributed by atoms with Crippen LogP contribution in [0.15, 0.2) is 54.6 Å². The maximum absolute atomic E-state index is 11.7. The summed E-state index contributed by atoms with van der Waals surface area (Å²) in [6.45, 7) is 0.328. The van der Waals surface area contributed by atoms with Gasteiger partial charge in [0.25, 0.3) is 0 Å². The predicted octanol–water partition coefficient (Wildman–Crippen LogP) is 2.60. The molecular formula is C16H17ClN2O2. The fourth-order valence-electron chi connectivity index (χ4n) is 1.81. The lowest BCUT2D eigenvalue weighted by atomic mass is 10.1. The Morgan fingerprint density at radius 1 is 1.10 bits per heavy atom. The zero-order chi connectivity index (χ0) is 15.1. The molecule has 0 aliphatic carbocycles. The smallest absolute Gasteiger partial charge is 0.239 e. The van der Waals surface area contributed by atoms with E-state index in [0.29, 0.717) is 5.02 Å². The fraction of sp³-hybridized carbons (Fsp3) is 0.188. The Balaban J connectivity index is 1.74. The molecule has 2 aromatic rings. The number of halogens is 1. The first kappa shape index (κ1) is 15.4. The first-order valence-electron chi connectivity index (χ1n) is 6.64. The highest BCUT2D eigenvalue weighted by molar-refractivity contribution is 6.30. The van der Waals surface area contributed by atoms with Crippen LogP contribution in [0.4, 0.5) is 5.69 Å². The van der Waals surface area contributed by atoms with E-state index in [1.165, 1.54) is 0 Å². The van der Waals surface area contributed by atoms with Crippen molar-refractivity contribution in [2.24, 2.45) is 0 Å². The molecule has 4 nitrogen and oxygen atoms in total. The first-order chi connectivity index (χ1) is 10.1. The number of hydrogen-bond donors (Lipinski definition) is 3. The Morgan fingerprint density at radius 2 is 1.76 bits per heavy atom. The summed E-state index contributed by atoms with van der Waals surface area (Å²) in [6, 6.07) is 16.4. The molecule has 0 saturated heterocycles. The van der Waals surface area contributed by atoms with Crippen LogP contribution in [0.1, 0.15) is 11.7 Å². The quantitative estimate of drug-likeness (QED) is 0.769. The number of benzene rings is 2. The van der Waals surface area contributed by atoms with Gasteiger partial charge in [-0.3, -0.25) is 4.79 Å². The lowest BCUT2D eigenvalue weighted by Crippen LogP contribution is -2.33. The number of aliphatic hydroxyl groups excluding tert-OH is 1. The van der Waals surface area contributed by atoms with Gasteiger partial charge in [0.15, 0.2) is 0 Å². The van der Waals surface area contributed by atoms with E-state index in [-0.39, 0.29) is 19.0 Å². The van der Waals surface area contributed by atoms with Crippen molar-refractivity contribution >= 4 is 23.2 Å². The number of carbonyl (C=O) groups excluding carboxylic acids is 1. The number of aliphatic hydroxyl groups is 1. The molecule has 2 aromatic carbocycles. The van der Waals surface area contributed by atoms with Gasteiger partial charge in [-0.25, -0.2) is 0 Å². The average Bonchev–Trinajstić information content (AvgIpc) is 2.52. The Hall–Kier alpha value is -2.04. The fourth-order valence-corrected chi connectivity index (χ4v) is 1.94. The number of rotatable bonds is 6. The van der Waals surface area contributed by atoms with E-state index in [2.05, 4.69) is 10.6 Å². The van der Waals surface area contributed by atoms with E-state index in [4.69, 9.17) is 11.6 Å². The van der Waals surface area contributed by atoms with Crippen LogP contribution in [0.3, 0.4) is 0 Å². The normalized spacial score (nSPS) is 11.7. The van der Waals surface area contributed by atoms with Crippen LogP contribution < -0.4 is 10.6 Å². The van der Waals surface area contributed by atoms with Gasteiger partial charge in [-0.15, -0.1) is 0 Å². The number of amides is 1. The number of hydrogen-bond acceptors (Lipinski definition) is 3. The van der Waals surface area contributed by atoms with Gasteiger partial charge >= 0.3 is 0 Å². The molecule has 1 unspecified atom stereocenters. The molecular weight excluding hydrogens is 288 g/mol. The Labute approximate surface area is 128 Å². The zero-order valence-electron chi connectivity index (χ0n) is 11.4. The van der Waals surface area contributed by atoms with Crippen molar-refractivity contribution < 1.29 is 9.90 Å². The zero-order valence-corrected chi connectivity index (χ0v) is 12.2. The van der Waals surface area contributed by atoms with Gasteiger partial charge in [0.1, 0.15) is 0 Å². The molecule has 3 N–H and O–H groups in total. The van der Waals surface area contributed by atoms with Crippen LogP contribution >= 0.6 is 11.6 Å². The van der Waals surface area contributed by atoms with Crippen LogP contribution in [0.25, 0.3) is 0 Å². The first-order valence-corrected chi connectivity index (χ1v) is 7.02. The summed E-state index contributed by atoms with van der Waals surface area (Å²) in [6.07, 6.45) is -0.747. The van der Waals surface area contributed by atoms with Gasteiger partial charge in [0.2, 0.25) is 5.91 Å². The Kier molecular flexibility index (Phi) is 5.60. The van der Waals surface area contributed by atoms with Gasteiger partial charge in [-0.2, -0.15) is 0 Å². The molecule has 0 aliphatic heterocycles. The summed E-state index contributed by atoms with van der Waals surface area (Å²) in [5.41, 5.74) is 1.60. The number of nitrogens with one attached hydrogen (secondary N) is 2. The third-order valence-corrected chi connectivity index (χ3v) is 3.23. The van der Waals surface area contributed by atoms with Crippen molar-refractivity contribution in [3.63, 3.8) is 0 Å². The highest BCUT2D eigenvalue weighted by atomic mass is 35.5. The van der Waals surface area contributed by atoms with Gasteiger partial charge in [0.05, 0.1) is 12.6 Å². The third-order valence-electron chi connectivity index (χ3n) is 2.97. The van der Waals surface area contributed by atoms with Gasteiger partial charge in [0, 0.05) is 17.3 Å². The summed E-state index contributed by atoms with van der Waals surface area (Å²) >= 11 is 5.78. The van der Waals surface area contributed by atoms with Crippen LogP contribution in [0.5, 0.6) is 0 Å². The van der Waals surface area contributed by atoms with Crippen molar-refractivity contribution in [2.45, 2.75) is 6.10 Å². The molecule has 0 spiro atoms. The van der Waals surface area contributed by atoms with Crippen molar-refractivity contribution in [3.8, 4) is 0 Å². The topological polar surface area (TPSA) is 61.4 Å². The molecule has 1 amide bonds. The SMILES string of the molecule is O=C(CNc1ccccc1)NCC(O)c1ccc(Cl)cc1. The van der Waals surface area contributed by atoms with Gasteiger partial charge < -0.3 is 15.7 Å². The summed E-state index contributed by atoms with van der Waals surface area (Å²) < 4.78 is 0. The molecule has 21 heavy (non-hydrogen) atoms. The minimum atomic E-state index is -0.747. The molecule has 110 valence electrons. The molecule has 5 heteroatoms. The minimum absolute atomic E-state index is 0.164. The van der Waals surface area contributed by atoms with E-state index in [0.717, 1.165) is 11.3 Å². The van der Waals surface area contributed by atoms with Crippen molar-refractivity contribution in [1.29, 1.82) is 0 Å². The Bertz CT molecular complexity index is 573. The molecule has 0 aliphatic rings. The molecule has 2 rings (SSSR count). The molecule has 0 aromatic heterocycles. The lowest BCUT2D eigenvalue weighted by Gasteiger charge is -2.13. The van der Waals surface area contributed by atoms with Crippen molar-refractivity contribution in [1.82, 2.24) is 5.32 Å². The third kappa shape index (κ3) is 5.10. The van der Waals surface area contributed by atoms with E-state index in [1.54, 1.807) is 24.3 Å². The summed E-state index contributed by atoms with van der Waals surface area (Å²) in [5, 5.41) is 16.3. The second-order valence-electron chi connectivity index (χ2n) is 4.59. The monoisotopic (exact) mass is 304 g/mol. The largest absolute Gasteiger partial charge is 0.387 e.